The van der Waals surface area contributed by atoms with Gasteiger partial charge in [-0.05, 0) is 68.6 Å². The Morgan fingerprint density at radius 3 is 2.20 bits per heavy atom. The van der Waals surface area contributed by atoms with Crippen LogP contribution >= 0.6 is 0 Å². The van der Waals surface area contributed by atoms with Crippen LogP contribution in [0.4, 0.5) is 0 Å². The summed E-state index contributed by atoms with van der Waals surface area (Å²) in [7, 11) is -0.375. The molecule has 1 fully saturated rings. The Labute approximate surface area is 148 Å². The molecule has 0 bridgehead atoms. The van der Waals surface area contributed by atoms with E-state index < -0.39 is 0 Å². The molecule has 5 heteroatoms. The van der Waals surface area contributed by atoms with Crippen LogP contribution in [0.15, 0.2) is 55.0 Å². The lowest BCUT2D eigenvalue weighted by atomic mass is 9.78. The fourth-order valence-electron chi connectivity index (χ4n) is 3.07. The highest BCUT2D eigenvalue weighted by atomic mass is 16.7. The number of fused-ring (bicyclic) bond motifs is 1. The molecule has 126 valence electrons. The van der Waals surface area contributed by atoms with E-state index >= 15 is 0 Å². The fraction of sp³-hybridized carbons (Fsp3) is 0.300. The average Bonchev–Trinajstić information content (AvgIpc) is 2.82. The van der Waals surface area contributed by atoms with Crippen LogP contribution in [0.1, 0.15) is 27.7 Å². The maximum Gasteiger partial charge on any atom is 0.494 e. The summed E-state index contributed by atoms with van der Waals surface area (Å²) >= 11 is 0. The van der Waals surface area contributed by atoms with Crippen LogP contribution in [0.5, 0.6) is 0 Å². The number of aromatic nitrogens is 2. The Bertz CT molecular complexity index is 909. The highest BCUT2D eigenvalue weighted by Gasteiger charge is 2.51. The third kappa shape index (κ3) is 2.73. The molecule has 1 aliphatic heterocycles. The zero-order valence-corrected chi connectivity index (χ0v) is 15.0. The molecule has 4 rings (SSSR count). The van der Waals surface area contributed by atoms with E-state index in [2.05, 4.69) is 43.7 Å². The summed E-state index contributed by atoms with van der Waals surface area (Å²) in [5.41, 5.74) is 3.51. The average molecular weight is 332 g/mol. The van der Waals surface area contributed by atoms with E-state index in [0.717, 1.165) is 27.5 Å². The van der Waals surface area contributed by atoms with Crippen LogP contribution in [0, 0.1) is 0 Å². The van der Waals surface area contributed by atoms with Crippen molar-refractivity contribution in [1.29, 1.82) is 0 Å². The molecule has 0 spiro atoms. The molecule has 0 N–H and O–H groups in total. The fourth-order valence-corrected chi connectivity index (χ4v) is 3.07. The third-order valence-electron chi connectivity index (χ3n) is 5.28. The van der Waals surface area contributed by atoms with Gasteiger partial charge < -0.3 is 9.31 Å². The quantitative estimate of drug-likeness (QED) is 0.673. The smallest absolute Gasteiger partial charge is 0.399 e. The van der Waals surface area contributed by atoms with Crippen molar-refractivity contribution in [3.63, 3.8) is 0 Å². The predicted octanol–water partition coefficient (Wildman–Crippen LogP) is 3.60. The molecule has 1 aliphatic rings. The van der Waals surface area contributed by atoms with E-state index in [9.17, 15) is 0 Å². The van der Waals surface area contributed by atoms with Crippen LogP contribution in [0.3, 0.4) is 0 Å². The molecular weight excluding hydrogens is 311 g/mol. The Balaban J connectivity index is 1.81. The van der Waals surface area contributed by atoms with Gasteiger partial charge in [-0.2, -0.15) is 0 Å². The predicted molar refractivity (Wildman–Crippen MR) is 101 cm³/mol. The maximum atomic E-state index is 6.19. The van der Waals surface area contributed by atoms with Crippen molar-refractivity contribution in [3.8, 4) is 11.1 Å². The van der Waals surface area contributed by atoms with Gasteiger partial charge in [-0.3, -0.25) is 9.97 Å². The lowest BCUT2D eigenvalue weighted by molar-refractivity contribution is 0.00578. The maximum absolute atomic E-state index is 6.19. The zero-order valence-electron chi connectivity index (χ0n) is 15.0. The molecular formula is C20H21BN2O2. The van der Waals surface area contributed by atoms with Crippen LogP contribution in [-0.4, -0.2) is 28.3 Å². The second-order valence-electron chi connectivity index (χ2n) is 7.46. The van der Waals surface area contributed by atoms with E-state index in [1.54, 1.807) is 12.4 Å². The second kappa shape index (κ2) is 5.65. The zero-order chi connectivity index (χ0) is 17.7. The Morgan fingerprint density at radius 1 is 0.840 bits per heavy atom. The minimum absolute atomic E-state index is 0.352. The molecule has 3 heterocycles. The van der Waals surface area contributed by atoms with Crippen molar-refractivity contribution >= 4 is 23.5 Å². The minimum Gasteiger partial charge on any atom is -0.399 e. The summed E-state index contributed by atoms with van der Waals surface area (Å²) in [4.78, 5) is 8.60. The second-order valence-corrected chi connectivity index (χ2v) is 7.46. The van der Waals surface area contributed by atoms with E-state index in [4.69, 9.17) is 9.31 Å². The Kier molecular flexibility index (Phi) is 3.67. The van der Waals surface area contributed by atoms with Crippen molar-refractivity contribution in [2.45, 2.75) is 38.9 Å². The lowest BCUT2D eigenvalue weighted by Gasteiger charge is -2.32. The molecule has 1 saturated heterocycles. The van der Waals surface area contributed by atoms with E-state index in [0.29, 0.717) is 0 Å². The molecule has 0 saturated carbocycles. The van der Waals surface area contributed by atoms with Crippen molar-refractivity contribution in [2.24, 2.45) is 0 Å². The van der Waals surface area contributed by atoms with Crippen LogP contribution < -0.4 is 5.46 Å². The monoisotopic (exact) mass is 332 g/mol. The van der Waals surface area contributed by atoms with Crippen molar-refractivity contribution < 1.29 is 9.31 Å². The first-order valence-corrected chi connectivity index (χ1v) is 8.52. The number of nitrogens with zero attached hydrogens (tertiary/aromatic N) is 2. The van der Waals surface area contributed by atoms with Gasteiger partial charge in [0.15, 0.2) is 0 Å². The van der Waals surface area contributed by atoms with Gasteiger partial charge >= 0.3 is 7.12 Å². The van der Waals surface area contributed by atoms with Gasteiger partial charge in [-0.15, -0.1) is 0 Å². The first-order valence-electron chi connectivity index (χ1n) is 8.52. The summed E-state index contributed by atoms with van der Waals surface area (Å²) in [6.07, 6.45) is 5.45. The van der Waals surface area contributed by atoms with Gasteiger partial charge in [-0.25, -0.2) is 0 Å². The summed E-state index contributed by atoms with van der Waals surface area (Å²) < 4.78 is 12.4. The number of pyridine rings is 2. The molecule has 1 aromatic carbocycles. The largest absolute Gasteiger partial charge is 0.494 e. The SMILES string of the molecule is CC1(C)OB(c2ccc3nccc(-c4ccncc4)c3c2)OC1(C)C. The van der Waals surface area contributed by atoms with Crippen LogP contribution in [-0.2, 0) is 9.31 Å². The first-order chi connectivity index (χ1) is 11.9. The molecule has 25 heavy (non-hydrogen) atoms. The molecule has 0 radical (unpaired) electrons. The van der Waals surface area contributed by atoms with Gasteiger partial charge in [0.05, 0.1) is 16.7 Å². The topological polar surface area (TPSA) is 44.2 Å². The molecule has 0 atom stereocenters. The molecule has 4 nitrogen and oxygen atoms in total. The van der Waals surface area contributed by atoms with Crippen molar-refractivity contribution in [2.75, 3.05) is 0 Å². The number of hydrogen-bond donors (Lipinski definition) is 0. The summed E-state index contributed by atoms with van der Waals surface area (Å²) in [6, 6.07) is 12.2. The van der Waals surface area contributed by atoms with Gasteiger partial charge in [0.1, 0.15) is 0 Å². The molecule has 3 aromatic rings. The minimum atomic E-state index is -0.375. The Morgan fingerprint density at radius 2 is 1.52 bits per heavy atom. The number of benzene rings is 1. The summed E-state index contributed by atoms with van der Waals surface area (Å²) in [6.45, 7) is 8.27. The van der Waals surface area contributed by atoms with Gasteiger partial charge in [0, 0.05) is 24.0 Å². The summed E-state index contributed by atoms with van der Waals surface area (Å²) in [5, 5.41) is 1.08. The van der Waals surface area contributed by atoms with Crippen LogP contribution in [0.25, 0.3) is 22.0 Å². The standard InChI is InChI=1S/C20H21BN2O2/c1-19(2)20(3,4)25-21(24-19)15-5-6-18-17(13-15)16(9-12-23-18)14-7-10-22-11-8-14/h5-13H,1-4H3. The highest BCUT2D eigenvalue weighted by molar-refractivity contribution is 6.62. The lowest BCUT2D eigenvalue weighted by Crippen LogP contribution is -2.41. The van der Waals surface area contributed by atoms with Gasteiger partial charge in [0.25, 0.3) is 0 Å². The summed E-state index contributed by atoms with van der Waals surface area (Å²) in [5.74, 6) is 0. The van der Waals surface area contributed by atoms with E-state index in [1.807, 2.05) is 36.5 Å². The van der Waals surface area contributed by atoms with Gasteiger partial charge in [0.2, 0.25) is 0 Å². The number of rotatable bonds is 2. The third-order valence-corrected chi connectivity index (χ3v) is 5.28. The van der Waals surface area contributed by atoms with Crippen molar-refractivity contribution in [3.05, 3.63) is 55.0 Å². The van der Waals surface area contributed by atoms with Gasteiger partial charge in [-0.1, -0.05) is 12.1 Å². The number of hydrogen-bond acceptors (Lipinski definition) is 4. The van der Waals surface area contributed by atoms with Crippen LogP contribution in [0.2, 0.25) is 0 Å². The molecule has 0 amide bonds. The molecule has 0 aliphatic carbocycles. The normalized spacial score (nSPS) is 18.6. The van der Waals surface area contributed by atoms with E-state index in [1.165, 1.54) is 0 Å². The van der Waals surface area contributed by atoms with E-state index in [-0.39, 0.29) is 18.3 Å². The molecule has 0 unspecified atom stereocenters. The van der Waals surface area contributed by atoms with Crippen molar-refractivity contribution in [1.82, 2.24) is 9.97 Å². The highest BCUT2D eigenvalue weighted by Crippen LogP contribution is 2.37. The first kappa shape index (κ1) is 16.2. The molecule has 2 aromatic heterocycles. The Hall–Kier alpha value is -2.24.